The molecule has 0 spiro atoms. The molecule has 0 bridgehead atoms. The molecule has 1 aromatic carbocycles. The smallest absolute Gasteiger partial charge is 0.418 e. The minimum atomic E-state index is -4.50. The molecular weight excluding hydrogens is 261 g/mol. The normalized spacial score (nSPS) is 13.7. The van der Waals surface area contributed by atoms with Crippen LogP contribution in [0.1, 0.15) is 17.3 Å². The Balaban J connectivity index is 2.75. The van der Waals surface area contributed by atoms with E-state index in [1.165, 1.54) is 29.8 Å². The molecule has 0 saturated heterocycles. The quantitative estimate of drug-likeness (QED) is 0.881. The van der Waals surface area contributed by atoms with Gasteiger partial charge >= 0.3 is 12.1 Å². The first-order valence-electron chi connectivity index (χ1n) is 5.37. The monoisotopic (exact) mass is 272 g/mol. The zero-order valence-electron chi connectivity index (χ0n) is 9.90. The second-order valence-corrected chi connectivity index (χ2v) is 4.19. The highest BCUT2D eigenvalue weighted by atomic mass is 19.4. The molecule has 2 aromatic rings. The van der Waals surface area contributed by atoms with Gasteiger partial charge < -0.3 is 15.4 Å². The Morgan fingerprint density at radius 1 is 1.42 bits per heavy atom. The second kappa shape index (κ2) is 4.27. The number of fused-ring (bicyclic) bond motifs is 1. The molecule has 4 nitrogen and oxygen atoms in total. The highest BCUT2D eigenvalue weighted by Gasteiger charge is 2.34. The minimum absolute atomic E-state index is 0.0679. The number of rotatable bonds is 2. The van der Waals surface area contributed by atoms with Gasteiger partial charge in [-0.25, -0.2) is 0 Å². The molecule has 102 valence electrons. The molecule has 0 saturated carbocycles. The van der Waals surface area contributed by atoms with Crippen molar-refractivity contribution in [2.75, 3.05) is 0 Å². The van der Waals surface area contributed by atoms with Gasteiger partial charge in [-0.1, -0.05) is 12.1 Å². The first-order chi connectivity index (χ1) is 8.73. The number of alkyl halides is 3. The second-order valence-electron chi connectivity index (χ2n) is 4.19. The summed E-state index contributed by atoms with van der Waals surface area (Å²) < 4.78 is 39.9. The SMILES string of the molecule is Cn1c(C(N)C(=O)O)cc2cccc(C(F)(F)F)c21. The van der Waals surface area contributed by atoms with Crippen LogP contribution in [0.4, 0.5) is 13.2 Å². The number of para-hydroxylation sites is 1. The van der Waals surface area contributed by atoms with Gasteiger partial charge in [-0.2, -0.15) is 13.2 Å². The highest BCUT2D eigenvalue weighted by molar-refractivity contribution is 5.87. The van der Waals surface area contributed by atoms with Crippen LogP contribution >= 0.6 is 0 Å². The molecule has 3 N–H and O–H groups in total. The summed E-state index contributed by atoms with van der Waals surface area (Å²) in [5, 5.41) is 9.16. The Kier molecular flexibility index (Phi) is 3.01. The van der Waals surface area contributed by atoms with E-state index in [0.29, 0.717) is 5.39 Å². The summed E-state index contributed by atoms with van der Waals surface area (Å²) in [6.07, 6.45) is -4.50. The average molecular weight is 272 g/mol. The van der Waals surface area contributed by atoms with Crippen LogP contribution in [0.5, 0.6) is 0 Å². The Morgan fingerprint density at radius 3 is 2.58 bits per heavy atom. The summed E-state index contributed by atoms with van der Waals surface area (Å²) in [6.45, 7) is 0. The van der Waals surface area contributed by atoms with Crippen molar-refractivity contribution in [3.63, 3.8) is 0 Å². The number of aryl methyl sites for hydroxylation is 1. The molecule has 7 heteroatoms. The predicted octanol–water partition coefficient (Wildman–Crippen LogP) is 2.28. The number of carboxylic acid groups (broad SMARTS) is 1. The number of nitrogens with two attached hydrogens (primary N) is 1. The van der Waals surface area contributed by atoms with Gasteiger partial charge in [0.25, 0.3) is 0 Å². The number of nitrogens with zero attached hydrogens (tertiary/aromatic N) is 1. The van der Waals surface area contributed by atoms with Crippen molar-refractivity contribution in [1.29, 1.82) is 0 Å². The lowest BCUT2D eigenvalue weighted by Crippen LogP contribution is -2.23. The number of hydrogen-bond donors (Lipinski definition) is 2. The minimum Gasteiger partial charge on any atom is -0.480 e. The van der Waals surface area contributed by atoms with Gasteiger partial charge in [-0.3, -0.25) is 4.79 Å². The number of carboxylic acids is 1. The first-order valence-corrected chi connectivity index (χ1v) is 5.37. The summed E-state index contributed by atoms with van der Waals surface area (Å²) in [7, 11) is 1.37. The van der Waals surface area contributed by atoms with Gasteiger partial charge in [0.15, 0.2) is 0 Å². The van der Waals surface area contributed by atoms with Crippen LogP contribution in [0.25, 0.3) is 10.9 Å². The van der Waals surface area contributed by atoms with Crippen molar-refractivity contribution in [3.05, 3.63) is 35.5 Å². The molecule has 1 unspecified atom stereocenters. The highest BCUT2D eigenvalue weighted by Crippen LogP contribution is 2.36. The molecular formula is C12H11F3N2O2. The van der Waals surface area contributed by atoms with Crippen LogP contribution in [-0.2, 0) is 18.0 Å². The summed E-state index contributed by atoms with van der Waals surface area (Å²) in [4.78, 5) is 10.9. The van der Waals surface area contributed by atoms with Gasteiger partial charge in [0.05, 0.1) is 11.1 Å². The summed E-state index contributed by atoms with van der Waals surface area (Å²) >= 11 is 0. The maximum Gasteiger partial charge on any atom is 0.418 e. The molecule has 19 heavy (non-hydrogen) atoms. The van der Waals surface area contributed by atoms with E-state index < -0.39 is 23.8 Å². The molecule has 0 aliphatic heterocycles. The number of benzene rings is 1. The summed E-state index contributed by atoms with van der Waals surface area (Å²) in [6, 6.07) is 3.73. The van der Waals surface area contributed by atoms with Gasteiger partial charge in [-0.15, -0.1) is 0 Å². The molecule has 0 amide bonds. The lowest BCUT2D eigenvalue weighted by molar-refractivity contribution is -0.138. The molecule has 1 aromatic heterocycles. The standard InChI is InChI=1S/C12H11F3N2O2/c1-17-8(9(16)11(18)19)5-6-3-2-4-7(10(6)17)12(13,14)15/h2-5,9H,16H2,1H3,(H,18,19). The van der Waals surface area contributed by atoms with Crippen LogP contribution in [0, 0.1) is 0 Å². The maximum atomic E-state index is 12.9. The van der Waals surface area contributed by atoms with Crippen molar-refractivity contribution >= 4 is 16.9 Å². The van der Waals surface area contributed by atoms with E-state index in [0.717, 1.165) is 6.07 Å². The van der Waals surface area contributed by atoms with E-state index in [9.17, 15) is 18.0 Å². The number of hydrogen-bond acceptors (Lipinski definition) is 2. The van der Waals surface area contributed by atoms with E-state index >= 15 is 0 Å². The van der Waals surface area contributed by atoms with E-state index in [1.807, 2.05) is 0 Å². The van der Waals surface area contributed by atoms with E-state index in [1.54, 1.807) is 0 Å². The fourth-order valence-corrected chi connectivity index (χ4v) is 2.09. The topological polar surface area (TPSA) is 68.2 Å². The third-order valence-electron chi connectivity index (χ3n) is 2.98. The predicted molar refractivity (Wildman–Crippen MR) is 62.5 cm³/mol. The summed E-state index contributed by atoms with van der Waals surface area (Å²) in [5.74, 6) is -1.29. The number of halogens is 3. The van der Waals surface area contributed by atoms with Gasteiger partial charge in [-0.05, 0) is 12.1 Å². The summed E-state index contributed by atoms with van der Waals surface area (Å²) in [5.41, 5.74) is 4.71. The fourth-order valence-electron chi connectivity index (χ4n) is 2.09. The molecule has 2 rings (SSSR count). The van der Waals surface area contributed by atoms with Gasteiger partial charge in [0.2, 0.25) is 0 Å². The fraction of sp³-hybridized carbons (Fsp3) is 0.250. The third-order valence-corrected chi connectivity index (χ3v) is 2.98. The van der Waals surface area contributed by atoms with E-state index in [-0.39, 0.29) is 11.2 Å². The Bertz CT molecular complexity index is 646. The zero-order chi connectivity index (χ0) is 14.4. The van der Waals surface area contributed by atoms with Gasteiger partial charge in [0, 0.05) is 18.1 Å². The molecule has 1 heterocycles. The maximum absolute atomic E-state index is 12.9. The van der Waals surface area contributed by atoms with Crippen molar-refractivity contribution < 1.29 is 23.1 Å². The Labute approximate surface area is 106 Å². The Hall–Kier alpha value is -2.02. The number of aromatic nitrogens is 1. The van der Waals surface area contributed by atoms with Crippen LogP contribution in [0.15, 0.2) is 24.3 Å². The van der Waals surface area contributed by atoms with Crippen molar-refractivity contribution in [1.82, 2.24) is 4.57 Å². The zero-order valence-corrected chi connectivity index (χ0v) is 9.90. The van der Waals surface area contributed by atoms with Crippen molar-refractivity contribution in [2.24, 2.45) is 12.8 Å². The van der Waals surface area contributed by atoms with E-state index in [4.69, 9.17) is 10.8 Å². The van der Waals surface area contributed by atoms with Crippen LogP contribution < -0.4 is 5.73 Å². The van der Waals surface area contributed by atoms with Crippen molar-refractivity contribution in [3.8, 4) is 0 Å². The average Bonchev–Trinajstić information content (AvgIpc) is 2.64. The lowest BCUT2D eigenvalue weighted by Gasteiger charge is -2.12. The van der Waals surface area contributed by atoms with Crippen molar-refractivity contribution in [2.45, 2.75) is 12.2 Å². The first kappa shape index (κ1) is 13.4. The number of aliphatic carboxylic acids is 1. The molecule has 0 radical (unpaired) electrons. The molecule has 0 aliphatic rings. The largest absolute Gasteiger partial charge is 0.480 e. The Morgan fingerprint density at radius 2 is 2.05 bits per heavy atom. The third kappa shape index (κ3) is 2.17. The molecule has 0 aliphatic carbocycles. The lowest BCUT2D eigenvalue weighted by atomic mass is 10.1. The number of carbonyl (C=O) groups is 1. The van der Waals surface area contributed by atoms with Crippen LogP contribution in [-0.4, -0.2) is 15.6 Å². The van der Waals surface area contributed by atoms with E-state index in [2.05, 4.69) is 0 Å². The van der Waals surface area contributed by atoms with Crippen LogP contribution in [0.2, 0.25) is 0 Å². The van der Waals surface area contributed by atoms with Gasteiger partial charge in [0.1, 0.15) is 6.04 Å². The molecule has 0 fully saturated rings. The molecule has 1 atom stereocenters. The van der Waals surface area contributed by atoms with Crippen LogP contribution in [0.3, 0.4) is 0 Å².